The van der Waals surface area contributed by atoms with Crippen molar-refractivity contribution in [3.05, 3.63) is 29.8 Å². The van der Waals surface area contributed by atoms with Crippen LogP contribution in [0.25, 0.3) is 0 Å². The third-order valence-electron chi connectivity index (χ3n) is 3.14. The Kier molecular flexibility index (Phi) is 4.29. The number of hydrogen-bond donors (Lipinski definition) is 2. The summed E-state index contributed by atoms with van der Waals surface area (Å²) in [5.41, 5.74) is 0.670. The third kappa shape index (κ3) is 3.29. The standard InChI is InChI=1S/C13H17NO5S/c1-2-19-12-6-4-3-5-9(12)10-7-20(17,18)8-11(14-10)13(15)16/h3-6,10-11,14H,2,7-8H2,1H3,(H,15,16). The van der Waals surface area contributed by atoms with E-state index in [-0.39, 0.29) is 11.5 Å². The van der Waals surface area contributed by atoms with Gasteiger partial charge in [-0.3, -0.25) is 10.1 Å². The van der Waals surface area contributed by atoms with Crippen molar-refractivity contribution >= 4 is 15.8 Å². The molecule has 1 aliphatic rings. The Balaban J connectivity index is 2.34. The predicted molar refractivity (Wildman–Crippen MR) is 73.6 cm³/mol. The third-order valence-corrected chi connectivity index (χ3v) is 4.82. The molecular weight excluding hydrogens is 282 g/mol. The van der Waals surface area contributed by atoms with Crippen LogP contribution < -0.4 is 10.1 Å². The molecule has 1 fully saturated rings. The molecule has 1 aliphatic heterocycles. The van der Waals surface area contributed by atoms with E-state index < -0.39 is 27.9 Å². The first kappa shape index (κ1) is 14.8. The van der Waals surface area contributed by atoms with Gasteiger partial charge in [0.15, 0.2) is 9.84 Å². The molecule has 0 aromatic heterocycles. The molecule has 6 nitrogen and oxygen atoms in total. The van der Waals surface area contributed by atoms with Crippen molar-refractivity contribution in [1.29, 1.82) is 0 Å². The van der Waals surface area contributed by atoms with Crippen molar-refractivity contribution in [3.8, 4) is 5.75 Å². The number of carboxylic acid groups (broad SMARTS) is 1. The van der Waals surface area contributed by atoms with Gasteiger partial charge in [-0.05, 0) is 13.0 Å². The second-order valence-electron chi connectivity index (χ2n) is 4.66. The van der Waals surface area contributed by atoms with Crippen molar-refractivity contribution in [2.75, 3.05) is 18.1 Å². The molecule has 0 bridgehead atoms. The summed E-state index contributed by atoms with van der Waals surface area (Å²) >= 11 is 0. The zero-order valence-electron chi connectivity index (χ0n) is 11.1. The van der Waals surface area contributed by atoms with Gasteiger partial charge in [-0.15, -0.1) is 0 Å². The summed E-state index contributed by atoms with van der Waals surface area (Å²) in [6, 6.07) is 5.41. The lowest BCUT2D eigenvalue weighted by molar-refractivity contribution is -0.139. The Morgan fingerprint density at radius 1 is 1.40 bits per heavy atom. The number of nitrogens with one attached hydrogen (secondary N) is 1. The lowest BCUT2D eigenvalue weighted by Crippen LogP contribution is -2.51. The quantitative estimate of drug-likeness (QED) is 0.845. The Bertz CT molecular complexity index is 599. The van der Waals surface area contributed by atoms with Gasteiger partial charge in [-0.1, -0.05) is 18.2 Å². The highest BCUT2D eigenvalue weighted by atomic mass is 32.2. The monoisotopic (exact) mass is 299 g/mol. The average molecular weight is 299 g/mol. The van der Waals surface area contributed by atoms with Crippen LogP contribution in [0, 0.1) is 0 Å². The highest BCUT2D eigenvalue weighted by Crippen LogP contribution is 2.29. The van der Waals surface area contributed by atoms with E-state index >= 15 is 0 Å². The average Bonchev–Trinajstić information content (AvgIpc) is 2.38. The minimum atomic E-state index is -3.40. The van der Waals surface area contributed by atoms with Gasteiger partial charge in [0.2, 0.25) is 0 Å². The van der Waals surface area contributed by atoms with Crippen LogP contribution in [0.15, 0.2) is 24.3 Å². The maximum Gasteiger partial charge on any atom is 0.321 e. The molecule has 20 heavy (non-hydrogen) atoms. The molecule has 1 aromatic carbocycles. The van der Waals surface area contributed by atoms with Crippen molar-refractivity contribution in [3.63, 3.8) is 0 Å². The van der Waals surface area contributed by atoms with Crippen molar-refractivity contribution in [1.82, 2.24) is 5.32 Å². The van der Waals surface area contributed by atoms with Gasteiger partial charge < -0.3 is 9.84 Å². The molecule has 0 aliphatic carbocycles. The fourth-order valence-corrected chi connectivity index (χ4v) is 3.96. The minimum Gasteiger partial charge on any atom is -0.494 e. The van der Waals surface area contributed by atoms with Gasteiger partial charge >= 0.3 is 5.97 Å². The number of sulfone groups is 1. The highest BCUT2D eigenvalue weighted by molar-refractivity contribution is 7.91. The lowest BCUT2D eigenvalue weighted by atomic mass is 10.1. The van der Waals surface area contributed by atoms with Crippen molar-refractivity contribution < 1.29 is 23.1 Å². The first-order valence-corrected chi connectivity index (χ1v) is 8.16. The smallest absolute Gasteiger partial charge is 0.321 e. The molecule has 2 atom stereocenters. The molecule has 2 N–H and O–H groups in total. The number of carboxylic acids is 1. The SMILES string of the molecule is CCOc1ccccc1C1CS(=O)(=O)CC(C(=O)O)N1. The van der Waals surface area contributed by atoms with Crippen LogP contribution in [-0.4, -0.2) is 43.6 Å². The molecule has 2 rings (SSSR count). The van der Waals surface area contributed by atoms with Gasteiger partial charge in [0, 0.05) is 5.56 Å². The fourth-order valence-electron chi connectivity index (χ4n) is 2.29. The summed E-state index contributed by atoms with van der Waals surface area (Å²) < 4.78 is 29.2. The molecule has 1 heterocycles. The van der Waals surface area contributed by atoms with Gasteiger partial charge in [0.05, 0.1) is 24.2 Å². The van der Waals surface area contributed by atoms with E-state index in [9.17, 15) is 13.2 Å². The van der Waals surface area contributed by atoms with E-state index in [2.05, 4.69) is 5.32 Å². The van der Waals surface area contributed by atoms with Crippen LogP contribution in [0.5, 0.6) is 5.75 Å². The Hall–Kier alpha value is -1.60. The molecule has 7 heteroatoms. The second kappa shape index (κ2) is 5.80. The molecule has 1 aromatic rings. The maximum absolute atomic E-state index is 11.9. The number of hydrogen-bond acceptors (Lipinski definition) is 5. The molecule has 0 radical (unpaired) electrons. The summed E-state index contributed by atoms with van der Waals surface area (Å²) in [4.78, 5) is 11.1. The van der Waals surface area contributed by atoms with E-state index in [1.807, 2.05) is 6.92 Å². The molecular formula is C13H17NO5S. The van der Waals surface area contributed by atoms with Crippen LogP contribution in [-0.2, 0) is 14.6 Å². The van der Waals surface area contributed by atoms with Crippen molar-refractivity contribution in [2.24, 2.45) is 0 Å². The lowest BCUT2D eigenvalue weighted by Gasteiger charge is -2.29. The Morgan fingerprint density at radius 3 is 2.75 bits per heavy atom. The summed E-state index contributed by atoms with van der Waals surface area (Å²) in [5, 5.41) is 11.9. The van der Waals surface area contributed by atoms with Crippen LogP contribution in [0.3, 0.4) is 0 Å². The number of rotatable bonds is 4. The molecule has 110 valence electrons. The zero-order chi connectivity index (χ0) is 14.8. The van der Waals surface area contributed by atoms with Crippen LogP contribution in [0.1, 0.15) is 18.5 Å². The molecule has 1 saturated heterocycles. The summed E-state index contributed by atoms with van der Waals surface area (Å²) in [6.07, 6.45) is 0. The van der Waals surface area contributed by atoms with E-state index in [4.69, 9.17) is 9.84 Å². The van der Waals surface area contributed by atoms with E-state index in [0.717, 1.165) is 0 Å². The zero-order valence-corrected chi connectivity index (χ0v) is 11.9. The van der Waals surface area contributed by atoms with Crippen molar-refractivity contribution in [2.45, 2.75) is 19.0 Å². The molecule has 0 saturated carbocycles. The van der Waals surface area contributed by atoms with Crippen LogP contribution in [0.2, 0.25) is 0 Å². The van der Waals surface area contributed by atoms with E-state index in [0.29, 0.717) is 17.9 Å². The topological polar surface area (TPSA) is 92.7 Å². The summed E-state index contributed by atoms with van der Waals surface area (Å²) in [7, 11) is -3.40. The predicted octanol–water partition coefficient (Wildman–Crippen LogP) is 0.598. The largest absolute Gasteiger partial charge is 0.494 e. The van der Waals surface area contributed by atoms with E-state index in [1.54, 1.807) is 24.3 Å². The summed E-state index contributed by atoms with van der Waals surface area (Å²) in [5.74, 6) is -1.09. The molecule has 0 spiro atoms. The van der Waals surface area contributed by atoms with Gasteiger partial charge in [-0.25, -0.2) is 8.42 Å². The number of aliphatic carboxylic acids is 1. The number of carbonyl (C=O) groups is 1. The minimum absolute atomic E-state index is 0.124. The normalized spacial score (nSPS) is 25.1. The van der Waals surface area contributed by atoms with Gasteiger partial charge in [0.25, 0.3) is 0 Å². The van der Waals surface area contributed by atoms with E-state index in [1.165, 1.54) is 0 Å². The molecule has 2 unspecified atom stereocenters. The Labute approximate surface area is 117 Å². The second-order valence-corrected chi connectivity index (χ2v) is 6.81. The fraction of sp³-hybridized carbons (Fsp3) is 0.462. The maximum atomic E-state index is 11.9. The van der Waals surface area contributed by atoms with Gasteiger partial charge in [-0.2, -0.15) is 0 Å². The first-order valence-electron chi connectivity index (χ1n) is 6.34. The molecule has 0 amide bonds. The highest BCUT2D eigenvalue weighted by Gasteiger charge is 2.36. The number of para-hydroxylation sites is 1. The number of ether oxygens (including phenoxy) is 1. The number of benzene rings is 1. The first-order chi connectivity index (χ1) is 9.43. The van der Waals surface area contributed by atoms with Gasteiger partial charge in [0.1, 0.15) is 11.8 Å². The van der Waals surface area contributed by atoms with Crippen LogP contribution in [0.4, 0.5) is 0 Å². The Morgan fingerprint density at radius 2 is 2.10 bits per heavy atom. The summed E-state index contributed by atoms with van der Waals surface area (Å²) in [6.45, 7) is 2.29. The van der Waals surface area contributed by atoms with Crippen LogP contribution >= 0.6 is 0 Å².